The minimum atomic E-state index is -3.23. The molecule has 1 aromatic rings. The summed E-state index contributed by atoms with van der Waals surface area (Å²) in [6, 6.07) is 1.75. The number of esters is 1. The van der Waals surface area contributed by atoms with Crippen LogP contribution in [0, 0.1) is 10.1 Å². The first-order valence-corrected chi connectivity index (χ1v) is 5.93. The molecule has 0 radical (unpaired) electrons. The van der Waals surface area contributed by atoms with Crippen LogP contribution in [-0.2, 0) is 10.6 Å². The molecule has 0 aromatic heterocycles. The lowest BCUT2D eigenvalue weighted by Crippen LogP contribution is -2.11. The Morgan fingerprint density at radius 2 is 2.15 bits per heavy atom. The van der Waals surface area contributed by atoms with Crippen molar-refractivity contribution in [1.82, 2.24) is 0 Å². The van der Waals surface area contributed by atoms with Crippen molar-refractivity contribution in [3.63, 3.8) is 0 Å². The van der Waals surface area contributed by atoms with E-state index in [2.05, 4.69) is 4.74 Å². The second kappa shape index (κ2) is 6.99. The van der Waals surface area contributed by atoms with Crippen LogP contribution >= 0.6 is 11.6 Å². The summed E-state index contributed by atoms with van der Waals surface area (Å²) < 4.78 is 33.2. The van der Waals surface area contributed by atoms with Gasteiger partial charge in [0.1, 0.15) is 0 Å². The van der Waals surface area contributed by atoms with Gasteiger partial charge in [-0.3, -0.25) is 10.1 Å². The zero-order valence-corrected chi connectivity index (χ0v) is 11.0. The van der Waals surface area contributed by atoms with Gasteiger partial charge in [-0.2, -0.15) is 8.78 Å². The van der Waals surface area contributed by atoms with Crippen LogP contribution in [0.2, 0.25) is 0 Å². The molecule has 0 aliphatic carbocycles. The van der Waals surface area contributed by atoms with Gasteiger partial charge in [0, 0.05) is 11.9 Å². The lowest BCUT2D eigenvalue weighted by molar-refractivity contribution is -0.386. The van der Waals surface area contributed by atoms with Crippen molar-refractivity contribution in [2.45, 2.75) is 19.4 Å². The van der Waals surface area contributed by atoms with Gasteiger partial charge in [0.15, 0.2) is 0 Å². The molecule has 110 valence electrons. The number of halogens is 3. The van der Waals surface area contributed by atoms with Crippen molar-refractivity contribution in [2.24, 2.45) is 0 Å². The summed E-state index contributed by atoms with van der Waals surface area (Å²) in [5, 5.41) is 10.8. The van der Waals surface area contributed by atoms with Crippen LogP contribution in [0.5, 0.6) is 5.75 Å². The normalized spacial score (nSPS) is 10.4. The van der Waals surface area contributed by atoms with Gasteiger partial charge >= 0.3 is 18.3 Å². The third-order valence-corrected chi connectivity index (χ3v) is 2.52. The van der Waals surface area contributed by atoms with Crippen LogP contribution in [0.1, 0.15) is 22.8 Å². The zero-order chi connectivity index (χ0) is 15.3. The van der Waals surface area contributed by atoms with Crippen LogP contribution < -0.4 is 4.74 Å². The molecule has 0 fully saturated rings. The molecule has 1 aromatic carbocycles. The van der Waals surface area contributed by atoms with Gasteiger partial charge in [-0.1, -0.05) is 0 Å². The molecular weight excluding hydrogens is 300 g/mol. The van der Waals surface area contributed by atoms with Crippen molar-refractivity contribution in [3.8, 4) is 5.75 Å². The van der Waals surface area contributed by atoms with E-state index >= 15 is 0 Å². The maximum absolute atomic E-state index is 12.2. The lowest BCUT2D eigenvalue weighted by atomic mass is 10.1. The van der Waals surface area contributed by atoms with Gasteiger partial charge in [-0.25, -0.2) is 4.79 Å². The molecule has 1 rings (SSSR count). The molecule has 0 aliphatic heterocycles. The number of alkyl halides is 3. The van der Waals surface area contributed by atoms with E-state index in [-0.39, 0.29) is 23.6 Å². The van der Waals surface area contributed by atoms with Crippen molar-refractivity contribution < 1.29 is 28.0 Å². The Hall–Kier alpha value is -1.96. The molecule has 9 heteroatoms. The van der Waals surface area contributed by atoms with Crippen LogP contribution in [0.4, 0.5) is 14.5 Å². The maximum Gasteiger partial charge on any atom is 0.387 e. The number of rotatable bonds is 6. The molecule has 0 aliphatic rings. The standard InChI is InChI=1S/C11H10ClF2NO5/c1-2-19-10(16)7-4-8(15(17)18)9(20-11(13)14)3-6(7)5-12/h3-4,11H,2,5H2,1H3. The molecule has 0 amide bonds. The molecule has 0 saturated heterocycles. The van der Waals surface area contributed by atoms with Gasteiger partial charge in [0.05, 0.1) is 17.1 Å². The summed E-state index contributed by atoms with van der Waals surface area (Å²) in [6.45, 7) is -1.62. The van der Waals surface area contributed by atoms with E-state index in [0.717, 1.165) is 12.1 Å². The number of benzene rings is 1. The highest BCUT2D eigenvalue weighted by Crippen LogP contribution is 2.33. The molecule has 20 heavy (non-hydrogen) atoms. The van der Waals surface area contributed by atoms with Crippen molar-refractivity contribution in [3.05, 3.63) is 33.4 Å². The van der Waals surface area contributed by atoms with Gasteiger partial charge in [0.25, 0.3) is 0 Å². The third-order valence-electron chi connectivity index (χ3n) is 2.24. The molecule has 0 spiro atoms. The Morgan fingerprint density at radius 3 is 2.60 bits per heavy atom. The molecule has 0 bridgehead atoms. The topological polar surface area (TPSA) is 78.7 Å². The van der Waals surface area contributed by atoms with Gasteiger partial charge in [0.2, 0.25) is 5.75 Å². The average molecular weight is 310 g/mol. The van der Waals surface area contributed by atoms with Crippen molar-refractivity contribution in [2.75, 3.05) is 6.61 Å². The predicted molar refractivity (Wildman–Crippen MR) is 65.2 cm³/mol. The highest BCUT2D eigenvalue weighted by atomic mass is 35.5. The molecule has 6 nitrogen and oxygen atoms in total. The molecule has 0 atom stereocenters. The zero-order valence-electron chi connectivity index (χ0n) is 10.3. The quantitative estimate of drug-likeness (QED) is 0.349. The third kappa shape index (κ3) is 3.77. The van der Waals surface area contributed by atoms with Crippen molar-refractivity contribution >= 4 is 23.3 Å². The Bertz CT molecular complexity index is 524. The minimum absolute atomic E-state index is 0.0592. The van der Waals surface area contributed by atoms with Gasteiger partial charge in [-0.05, 0) is 18.6 Å². The number of hydrogen-bond acceptors (Lipinski definition) is 5. The summed E-state index contributed by atoms with van der Waals surface area (Å²) in [5.41, 5.74) is -0.816. The van der Waals surface area contributed by atoms with Crippen LogP contribution in [0.15, 0.2) is 12.1 Å². The number of nitrogens with zero attached hydrogens (tertiary/aromatic N) is 1. The largest absolute Gasteiger partial charge is 0.462 e. The Morgan fingerprint density at radius 1 is 1.50 bits per heavy atom. The predicted octanol–water partition coefficient (Wildman–Crippen LogP) is 3.11. The molecule has 0 unspecified atom stereocenters. The SMILES string of the molecule is CCOC(=O)c1cc([N+](=O)[O-])c(OC(F)F)cc1CCl. The number of ether oxygens (including phenoxy) is 2. The van der Waals surface area contributed by atoms with Crippen LogP contribution in [-0.4, -0.2) is 24.1 Å². The van der Waals surface area contributed by atoms with Gasteiger partial charge < -0.3 is 9.47 Å². The maximum atomic E-state index is 12.2. The van der Waals surface area contributed by atoms with Crippen LogP contribution in [0.3, 0.4) is 0 Å². The molecule has 0 N–H and O–H groups in total. The van der Waals surface area contributed by atoms with E-state index in [1.54, 1.807) is 6.92 Å². The summed E-state index contributed by atoms with van der Waals surface area (Å²) in [5.74, 6) is -1.70. The van der Waals surface area contributed by atoms with E-state index in [9.17, 15) is 23.7 Å². The fourth-order valence-electron chi connectivity index (χ4n) is 1.45. The van der Waals surface area contributed by atoms with Crippen LogP contribution in [0.25, 0.3) is 0 Å². The Labute approximate surface area is 117 Å². The fourth-order valence-corrected chi connectivity index (χ4v) is 1.67. The summed E-state index contributed by atoms with van der Waals surface area (Å²) in [6.07, 6.45) is 0. The second-order valence-corrected chi connectivity index (χ2v) is 3.73. The van der Waals surface area contributed by atoms with E-state index in [4.69, 9.17) is 16.3 Å². The number of carbonyl (C=O) groups excluding carboxylic acids is 1. The summed E-state index contributed by atoms with van der Waals surface area (Å²) in [4.78, 5) is 21.5. The van der Waals surface area contributed by atoms with Crippen molar-refractivity contribution in [1.29, 1.82) is 0 Å². The highest BCUT2D eigenvalue weighted by molar-refractivity contribution is 6.17. The van der Waals surface area contributed by atoms with E-state index in [0.29, 0.717) is 0 Å². The molecular formula is C11H10ClF2NO5. The minimum Gasteiger partial charge on any atom is -0.462 e. The summed E-state index contributed by atoms with van der Waals surface area (Å²) in [7, 11) is 0. The van der Waals surface area contributed by atoms with Gasteiger partial charge in [-0.15, -0.1) is 11.6 Å². The number of nitro groups is 1. The molecule has 0 heterocycles. The van der Waals surface area contributed by atoms with E-state index in [1.807, 2.05) is 0 Å². The first-order chi connectivity index (χ1) is 9.40. The first kappa shape index (κ1) is 16.1. The lowest BCUT2D eigenvalue weighted by Gasteiger charge is -2.10. The molecule has 0 saturated carbocycles. The summed E-state index contributed by atoms with van der Waals surface area (Å²) >= 11 is 5.60. The smallest absolute Gasteiger partial charge is 0.387 e. The van der Waals surface area contributed by atoms with E-state index in [1.165, 1.54) is 0 Å². The Kier molecular flexibility index (Phi) is 5.63. The monoisotopic (exact) mass is 309 g/mol. The first-order valence-electron chi connectivity index (χ1n) is 5.39. The second-order valence-electron chi connectivity index (χ2n) is 3.47. The fraction of sp³-hybridized carbons (Fsp3) is 0.364. The number of carbonyl (C=O) groups is 1. The highest BCUT2D eigenvalue weighted by Gasteiger charge is 2.25. The number of nitro benzene ring substituents is 1. The van der Waals surface area contributed by atoms with E-state index < -0.39 is 28.9 Å². The average Bonchev–Trinajstić information content (AvgIpc) is 2.37. The number of hydrogen-bond donors (Lipinski definition) is 0. The Balaban J connectivity index is 3.36.